The molecule has 1 heterocycles. The van der Waals surface area contributed by atoms with Gasteiger partial charge in [-0.15, -0.1) is 10.2 Å². The van der Waals surface area contributed by atoms with Crippen LogP contribution in [-0.4, -0.2) is 27.6 Å². The first kappa shape index (κ1) is 15.4. The molecule has 1 aromatic carbocycles. The lowest BCUT2D eigenvalue weighted by Gasteiger charge is -2.07. The molecule has 0 amide bonds. The summed E-state index contributed by atoms with van der Waals surface area (Å²) in [6.45, 7) is 2.89. The van der Waals surface area contributed by atoms with Gasteiger partial charge in [-0.2, -0.15) is 5.26 Å². The molecule has 2 aromatic rings. The Bertz CT molecular complexity index is 616. The van der Waals surface area contributed by atoms with E-state index in [1.807, 2.05) is 24.3 Å². The normalized spacial score (nSPS) is 10.3. The van der Waals surface area contributed by atoms with E-state index in [9.17, 15) is 0 Å². The topological polar surface area (TPSA) is 63.7 Å². The Hall–Kier alpha value is -2.00. The summed E-state index contributed by atoms with van der Waals surface area (Å²) in [7, 11) is 1.65. The van der Waals surface area contributed by atoms with E-state index in [-0.39, 0.29) is 0 Å². The van der Waals surface area contributed by atoms with Crippen LogP contribution in [0.4, 0.5) is 0 Å². The van der Waals surface area contributed by atoms with Gasteiger partial charge in [0.05, 0.1) is 13.2 Å². The van der Waals surface area contributed by atoms with Gasteiger partial charge in [0.25, 0.3) is 0 Å². The minimum absolute atomic E-state index is 0.582. The molecule has 110 valence electrons. The predicted molar refractivity (Wildman–Crippen MR) is 83.3 cm³/mol. The molecule has 0 saturated heterocycles. The lowest BCUT2D eigenvalue weighted by atomic mass is 10.2. The van der Waals surface area contributed by atoms with E-state index < -0.39 is 0 Å². The molecule has 2 rings (SSSR count). The van der Waals surface area contributed by atoms with Gasteiger partial charge in [0, 0.05) is 24.3 Å². The van der Waals surface area contributed by atoms with Crippen LogP contribution in [0.5, 0.6) is 5.75 Å². The molecule has 0 spiro atoms. The zero-order valence-corrected chi connectivity index (χ0v) is 13.1. The van der Waals surface area contributed by atoms with Crippen LogP contribution in [0.25, 0.3) is 11.4 Å². The molecule has 0 aliphatic rings. The number of benzene rings is 1. The summed E-state index contributed by atoms with van der Waals surface area (Å²) < 4.78 is 7.27. The molecule has 0 N–H and O–H groups in total. The van der Waals surface area contributed by atoms with E-state index >= 15 is 0 Å². The summed E-state index contributed by atoms with van der Waals surface area (Å²) >= 11 is 1.65. The van der Waals surface area contributed by atoms with E-state index in [1.165, 1.54) is 0 Å². The lowest BCUT2D eigenvalue weighted by molar-refractivity contribution is 0.415. The number of aromatic nitrogens is 3. The van der Waals surface area contributed by atoms with E-state index in [4.69, 9.17) is 10.00 Å². The van der Waals surface area contributed by atoms with Crippen LogP contribution in [0, 0.1) is 11.3 Å². The van der Waals surface area contributed by atoms with Gasteiger partial charge in [-0.05, 0) is 37.6 Å². The van der Waals surface area contributed by atoms with Gasteiger partial charge in [0.15, 0.2) is 11.0 Å². The van der Waals surface area contributed by atoms with E-state index in [0.717, 1.165) is 41.0 Å². The van der Waals surface area contributed by atoms with Crippen molar-refractivity contribution in [3.63, 3.8) is 0 Å². The van der Waals surface area contributed by atoms with Gasteiger partial charge >= 0.3 is 0 Å². The predicted octanol–water partition coefficient (Wildman–Crippen LogP) is 3.37. The number of nitriles is 1. The molecular formula is C15H18N4OS. The molecule has 0 unspecified atom stereocenters. The summed E-state index contributed by atoms with van der Waals surface area (Å²) in [5, 5.41) is 18.0. The number of hydrogen-bond acceptors (Lipinski definition) is 5. The van der Waals surface area contributed by atoms with Crippen molar-refractivity contribution >= 4 is 11.8 Å². The first-order valence-electron chi connectivity index (χ1n) is 6.87. The largest absolute Gasteiger partial charge is 0.497 e. The minimum Gasteiger partial charge on any atom is -0.497 e. The van der Waals surface area contributed by atoms with Gasteiger partial charge in [-0.3, -0.25) is 0 Å². The number of unbranched alkanes of at least 4 members (excludes halogenated alkanes) is 1. The fraction of sp³-hybridized carbons (Fsp3) is 0.400. The first-order valence-corrected chi connectivity index (χ1v) is 7.86. The summed E-state index contributed by atoms with van der Waals surface area (Å²) in [6, 6.07) is 9.97. The molecule has 0 aliphatic heterocycles. The monoisotopic (exact) mass is 302 g/mol. The van der Waals surface area contributed by atoms with Crippen molar-refractivity contribution in [2.24, 2.45) is 0 Å². The molecule has 6 heteroatoms. The maximum Gasteiger partial charge on any atom is 0.191 e. The zero-order valence-electron chi connectivity index (χ0n) is 12.2. The first-order chi connectivity index (χ1) is 10.3. The highest BCUT2D eigenvalue weighted by molar-refractivity contribution is 7.99. The lowest BCUT2D eigenvalue weighted by Crippen LogP contribution is -2.00. The summed E-state index contributed by atoms with van der Waals surface area (Å²) in [5.41, 5.74) is 1.02. The summed E-state index contributed by atoms with van der Waals surface area (Å²) in [5.74, 6) is 2.57. The molecule has 0 fully saturated rings. The van der Waals surface area contributed by atoms with E-state index in [2.05, 4.69) is 27.8 Å². The van der Waals surface area contributed by atoms with Crippen LogP contribution in [0.3, 0.4) is 0 Å². The second-order valence-electron chi connectivity index (χ2n) is 4.39. The molecule has 0 bridgehead atoms. The van der Waals surface area contributed by atoms with Gasteiger partial charge in [0.2, 0.25) is 0 Å². The number of rotatable bonds is 7. The molecule has 0 aliphatic carbocycles. The van der Waals surface area contributed by atoms with Gasteiger partial charge in [-0.1, -0.05) is 11.8 Å². The van der Waals surface area contributed by atoms with Crippen molar-refractivity contribution in [1.82, 2.24) is 14.8 Å². The Balaban J connectivity index is 2.16. The number of hydrogen-bond donors (Lipinski definition) is 0. The number of ether oxygens (including phenoxy) is 1. The highest BCUT2D eigenvalue weighted by Gasteiger charge is 2.12. The highest BCUT2D eigenvalue weighted by atomic mass is 32.2. The summed E-state index contributed by atoms with van der Waals surface area (Å²) in [4.78, 5) is 0. The molecule has 5 nitrogen and oxygen atoms in total. The van der Waals surface area contributed by atoms with Crippen LogP contribution < -0.4 is 4.74 Å². The second-order valence-corrected chi connectivity index (χ2v) is 5.45. The van der Waals surface area contributed by atoms with Crippen molar-refractivity contribution < 1.29 is 4.74 Å². The van der Waals surface area contributed by atoms with E-state index in [0.29, 0.717) is 6.42 Å². The summed E-state index contributed by atoms with van der Waals surface area (Å²) in [6.07, 6.45) is 1.45. The number of nitrogens with zero attached hydrogens (tertiary/aromatic N) is 4. The third-order valence-corrected chi connectivity index (χ3v) is 4.10. The third-order valence-electron chi connectivity index (χ3n) is 3.05. The van der Waals surface area contributed by atoms with Crippen molar-refractivity contribution in [3.05, 3.63) is 24.3 Å². The van der Waals surface area contributed by atoms with Crippen molar-refractivity contribution in [2.45, 2.75) is 31.5 Å². The quantitative estimate of drug-likeness (QED) is 0.579. The Morgan fingerprint density at radius 1 is 1.29 bits per heavy atom. The Kier molecular flexibility index (Phi) is 5.64. The van der Waals surface area contributed by atoms with Gasteiger partial charge in [0.1, 0.15) is 5.75 Å². The number of thioether (sulfide) groups is 1. The smallest absolute Gasteiger partial charge is 0.191 e. The molecule has 0 saturated carbocycles. The van der Waals surface area contributed by atoms with Crippen molar-refractivity contribution in [2.75, 3.05) is 12.9 Å². The maximum absolute atomic E-state index is 8.56. The Morgan fingerprint density at radius 3 is 2.67 bits per heavy atom. The highest BCUT2D eigenvalue weighted by Crippen LogP contribution is 2.25. The fourth-order valence-corrected chi connectivity index (χ4v) is 2.89. The molecule has 1 aromatic heterocycles. The molecule has 0 atom stereocenters. The second kappa shape index (κ2) is 7.70. The van der Waals surface area contributed by atoms with Crippen LogP contribution in [0.15, 0.2) is 29.4 Å². The minimum atomic E-state index is 0.582. The van der Waals surface area contributed by atoms with E-state index in [1.54, 1.807) is 18.9 Å². The molecule has 21 heavy (non-hydrogen) atoms. The molecule has 0 radical (unpaired) electrons. The maximum atomic E-state index is 8.56. The average molecular weight is 302 g/mol. The molecular weight excluding hydrogens is 284 g/mol. The standard InChI is InChI=1S/C15H18N4OS/c1-3-19-14(12-6-8-13(20-2)9-7-12)17-18-15(19)21-11-5-4-10-16/h6-9H,3-5,11H2,1-2H3. The van der Waals surface area contributed by atoms with Crippen LogP contribution >= 0.6 is 11.8 Å². The van der Waals surface area contributed by atoms with Crippen LogP contribution in [0.2, 0.25) is 0 Å². The third kappa shape index (κ3) is 3.76. The van der Waals surface area contributed by atoms with Crippen molar-refractivity contribution in [3.8, 4) is 23.2 Å². The zero-order chi connectivity index (χ0) is 15.1. The van der Waals surface area contributed by atoms with Crippen molar-refractivity contribution in [1.29, 1.82) is 5.26 Å². The Morgan fingerprint density at radius 2 is 2.05 bits per heavy atom. The average Bonchev–Trinajstić information content (AvgIpc) is 2.94. The van der Waals surface area contributed by atoms with Gasteiger partial charge in [-0.25, -0.2) is 0 Å². The van der Waals surface area contributed by atoms with Crippen LogP contribution in [-0.2, 0) is 6.54 Å². The van der Waals surface area contributed by atoms with Gasteiger partial charge < -0.3 is 9.30 Å². The van der Waals surface area contributed by atoms with Crippen LogP contribution in [0.1, 0.15) is 19.8 Å². The Labute approximate surface area is 128 Å². The SMILES string of the molecule is CCn1c(SCCCC#N)nnc1-c1ccc(OC)cc1. The fourth-order valence-electron chi connectivity index (χ4n) is 1.95. The number of methoxy groups -OCH3 is 1.